The molecule has 83 heavy (non-hydrogen) atoms. The number of hydrogen-bond donors (Lipinski definition) is 16. The first kappa shape index (κ1) is 76.4. The Kier molecular flexibility index (Phi) is 42.8. The predicted octanol–water partition coefficient (Wildman–Crippen LogP) is -8.91. The fraction of sp³-hybridized carbons (Fsp3) is 0.940. The van der Waals surface area contributed by atoms with Gasteiger partial charge in [-0.1, -0.05) is 6.92 Å². The van der Waals surface area contributed by atoms with Gasteiger partial charge in [-0.25, -0.2) is 0 Å². The van der Waals surface area contributed by atoms with Crippen LogP contribution in [0.4, 0.5) is 0 Å². The number of ether oxygens (including phenoxy) is 14. The van der Waals surface area contributed by atoms with Crippen LogP contribution < -0.4 is 16.0 Å². The number of aliphatic hydroxyl groups excluding tert-OH is 13. The minimum atomic E-state index is -1.80. The maximum atomic E-state index is 12.5. The Morgan fingerprint density at radius 3 is 1.12 bits per heavy atom. The lowest BCUT2D eigenvalue weighted by molar-refractivity contribution is -0.302. The fourth-order valence-corrected chi connectivity index (χ4v) is 7.48. The quantitative estimate of drug-likeness (QED) is 0.0199. The monoisotopic (exact) mass is 1220 g/mol. The Labute approximate surface area is 482 Å². The molecule has 0 spiro atoms. The summed E-state index contributed by atoms with van der Waals surface area (Å²) in [5.41, 5.74) is -0.761. The molecular weight excluding hydrogens is 1120 g/mol. The van der Waals surface area contributed by atoms with Crippen molar-refractivity contribution in [3.8, 4) is 0 Å². The number of carbonyl (C=O) groups is 3. The zero-order valence-electron chi connectivity index (χ0n) is 47.3. The standard InChI is InChI=1S/C50H95N3O30/c1-50(30-76-10-3-36(58)51-6-13-70-16-19-73-22-25-79-47(69)44(66)39(61)33(57)2-9-54,31-77-11-4-37(59)52-7-14-71-17-20-74-23-26-80-48-45(67)42(64)40(62)34(28-55)82-48)32-78-12-5-38(60)53-8-15-72-18-21-75-24-27-81-49-46(68)43(65)41(63)35(29-56)83-49/h33-35,39-49,54-57,61-69H,2-32H2,1H3,(H,51,58)(H,52,59)(H,53,60)/t33-,34?,35?,39?,40-,41-,42?,43?,44?,45?,46?,47-,48+,49+,50?/m1/s1. The largest absolute Gasteiger partial charge is 0.396 e. The molecule has 0 radical (unpaired) electrons. The summed E-state index contributed by atoms with van der Waals surface area (Å²) in [4.78, 5) is 37.5. The average molecular weight is 1220 g/mol. The Bertz CT molecular complexity index is 1560. The fourth-order valence-electron chi connectivity index (χ4n) is 7.48. The van der Waals surface area contributed by atoms with Crippen LogP contribution in [0.25, 0.3) is 0 Å². The lowest BCUT2D eigenvalue weighted by Crippen LogP contribution is -2.59. The summed E-state index contributed by atoms with van der Waals surface area (Å²) in [6, 6.07) is 0. The van der Waals surface area contributed by atoms with Crippen molar-refractivity contribution >= 4 is 17.7 Å². The van der Waals surface area contributed by atoms with Crippen molar-refractivity contribution in [3.63, 3.8) is 0 Å². The molecule has 3 amide bonds. The molecule has 14 atom stereocenters. The number of hydrogen-bond acceptors (Lipinski definition) is 30. The van der Waals surface area contributed by atoms with Gasteiger partial charge >= 0.3 is 0 Å². The molecule has 33 nitrogen and oxygen atoms in total. The number of carbonyl (C=O) groups excluding carboxylic acids is 3. The van der Waals surface area contributed by atoms with Gasteiger partial charge in [0.25, 0.3) is 0 Å². The smallest absolute Gasteiger partial charge is 0.222 e. The van der Waals surface area contributed by atoms with E-state index in [-0.39, 0.29) is 202 Å². The van der Waals surface area contributed by atoms with E-state index in [2.05, 4.69) is 16.0 Å². The second kappa shape index (κ2) is 46.5. The highest BCUT2D eigenvalue weighted by molar-refractivity contribution is 5.76. The summed E-state index contributed by atoms with van der Waals surface area (Å²) in [6.45, 7) is 3.13. The topological polar surface area (TPSA) is 480 Å². The van der Waals surface area contributed by atoms with Crippen LogP contribution >= 0.6 is 0 Å². The van der Waals surface area contributed by atoms with Gasteiger partial charge < -0.3 is 149 Å². The molecule has 2 rings (SSSR count). The van der Waals surface area contributed by atoms with Crippen LogP contribution in [0, 0.1) is 5.41 Å². The van der Waals surface area contributed by atoms with Gasteiger partial charge in [-0.3, -0.25) is 14.4 Å². The Morgan fingerprint density at radius 2 is 0.771 bits per heavy atom. The molecule has 2 aliphatic heterocycles. The van der Waals surface area contributed by atoms with Gasteiger partial charge in [0.1, 0.15) is 61.0 Å². The van der Waals surface area contributed by atoms with Gasteiger partial charge in [0, 0.05) is 50.9 Å². The summed E-state index contributed by atoms with van der Waals surface area (Å²) in [7, 11) is 0. The third-order valence-corrected chi connectivity index (χ3v) is 12.3. The van der Waals surface area contributed by atoms with Crippen LogP contribution in [0.1, 0.15) is 32.6 Å². The first-order valence-corrected chi connectivity index (χ1v) is 27.7. The lowest BCUT2D eigenvalue weighted by Gasteiger charge is -2.39. The van der Waals surface area contributed by atoms with Crippen molar-refractivity contribution in [3.05, 3.63) is 0 Å². The van der Waals surface area contributed by atoms with Crippen LogP contribution in [0.5, 0.6) is 0 Å². The first-order chi connectivity index (χ1) is 39.9. The molecule has 2 aliphatic rings. The predicted molar refractivity (Wildman–Crippen MR) is 279 cm³/mol. The highest BCUT2D eigenvalue weighted by Crippen LogP contribution is 2.24. The number of amides is 3. The van der Waals surface area contributed by atoms with E-state index in [1.165, 1.54) is 0 Å². The molecule has 0 aromatic rings. The van der Waals surface area contributed by atoms with Crippen LogP contribution in [-0.2, 0) is 80.7 Å². The summed E-state index contributed by atoms with van der Waals surface area (Å²) in [5.74, 6) is -0.868. The minimum absolute atomic E-state index is 0.0130. The second-order valence-electron chi connectivity index (χ2n) is 19.4. The van der Waals surface area contributed by atoms with Crippen LogP contribution in [0.3, 0.4) is 0 Å². The average Bonchev–Trinajstić information content (AvgIpc) is 3.54. The van der Waals surface area contributed by atoms with E-state index < -0.39 is 111 Å². The molecule has 33 heteroatoms. The Morgan fingerprint density at radius 1 is 0.434 bits per heavy atom. The van der Waals surface area contributed by atoms with Crippen molar-refractivity contribution < 1.29 is 147 Å². The lowest BCUT2D eigenvalue weighted by atomic mass is 9.94. The molecule has 8 unspecified atom stereocenters. The maximum Gasteiger partial charge on any atom is 0.222 e. The molecule has 0 aliphatic carbocycles. The van der Waals surface area contributed by atoms with E-state index in [1.807, 2.05) is 6.92 Å². The normalized spacial score (nSPS) is 25.1. The zero-order valence-corrected chi connectivity index (χ0v) is 47.3. The van der Waals surface area contributed by atoms with Gasteiger partial charge in [0.05, 0.1) is 158 Å². The molecule has 0 aromatic heterocycles. The molecule has 16 N–H and O–H groups in total. The van der Waals surface area contributed by atoms with Crippen molar-refractivity contribution in [1.82, 2.24) is 16.0 Å². The van der Waals surface area contributed by atoms with Gasteiger partial charge in [-0.2, -0.15) is 0 Å². The highest BCUT2D eigenvalue weighted by Gasteiger charge is 2.45. The van der Waals surface area contributed by atoms with E-state index in [0.29, 0.717) is 0 Å². The second-order valence-corrected chi connectivity index (χ2v) is 19.4. The molecule has 2 saturated heterocycles. The van der Waals surface area contributed by atoms with Gasteiger partial charge in [0.2, 0.25) is 17.7 Å². The zero-order chi connectivity index (χ0) is 61.3. The van der Waals surface area contributed by atoms with Crippen molar-refractivity contribution in [2.75, 3.05) is 178 Å². The molecule has 2 fully saturated rings. The Balaban J connectivity index is 1.64. The van der Waals surface area contributed by atoms with Crippen LogP contribution in [-0.4, -0.2) is 348 Å². The third kappa shape index (κ3) is 33.3. The number of rotatable bonds is 52. The molecular formula is C50H95N3O30. The summed E-state index contributed by atoms with van der Waals surface area (Å²) >= 11 is 0. The minimum Gasteiger partial charge on any atom is -0.396 e. The summed E-state index contributed by atoms with van der Waals surface area (Å²) < 4.78 is 76.3. The van der Waals surface area contributed by atoms with E-state index in [4.69, 9.17) is 71.4 Å². The highest BCUT2D eigenvalue weighted by atomic mass is 16.7. The van der Waals surface area contributed by atoms with Crippen LogP contribution in [0.15, 0.2) is 0 Å². The molecule has 0 saturated carbocycles. The van der Waals surface area contributed by atoms with Crippen molar-refractivity contribution in [1.29, 1.82) is 0 Å². The first-order valence-electron chi connectivity index (χ1n) is 27.7. The van der Waals surface area contributed by atoms with Gasteiger partial charge in [-0.05, 0) is 6.42 Å². The Hall–Kier alpha value is -2.67. The number of nitrogens with one attached hydrogen (secondary N) is 3. The third-order valence-electron chi connectivity index (χ3n) is 12.3. The summed E-state index contributed by atoms with van der Waals surface area (Å²) in [5, 5.41) is 134. The van der Waals surface area contributed by atoms with Crippen molar-refractivity contribution in [2.45, 2.75) is 119 Å². The van der Waals surface area contributed by atoms with E-state index >= 15 is 0 Å². The van der Waals surface area contributed by atoms with Gasteiger partial charge in [0.15, 0.2) is 18.9 Å². The summed E-state index contributed by atoms with van der Waals surface area (Å²) in [6.07, 6.45) is -20.7. The van der Waals surface area contributed by atoms with E-state index in [1.54, 1.807) is 0 Å². The maximum absolute atomic E-state index is 12.5. The van der Waals surface area contributed by atoms with Gasteiger partial charge in [-0.15, -0.1) is 0 Å². The van der Waals surface area contributed by atoms with E-state index in [0.717, 1.165) is 0 Å². The molecule has 490 valence electrons. The molecule has 0 aromatic carbocycles. The SMILES string of the molecule is CC(COCCC(=O)NCCOCCOCCO[C@H]1OC(CO)[C@@H](O)C(O)C1O)(COCCC(=O)NCCOCCOCCO[C@H]1OC(CO)[C@@H](O)C(O)C1O)COCCC(=O)NCCOCCOCCO[C@@H](O)C(O)C(O)[C@H](O)CCO. The van der Waals surface area contributed by atoms with E-state index in [9.17, 15) is 75.7 Å². The molecule has 0 bridgehead atoms. The van der Waals surface area contributed by atoms with Crippen LogP contribution in [0.2, 0.25) is 0 Å². The molecule has 2 heterocycles. The number of aliphatic hydroxyl groups is 13. The van der Waals surface area contributed by atoms with Crippen molar-refractivity contribution in [2.24, 2.45) is 5.41 Å².